The highest BCUT2D eigenvalue weighted by Gasteiger charge is 2.27. The number of hydrogen-bond acceptors (Lipinski definition) is 9. The van der Waals surface area contributed by atoms with E-state index in [2.05, 4.69) is 15.6 Å². The lowest BCUT2D eigenvalue weighted by atomic mass is 10.1. The van der Waals surface area contributed by atoms with Gasteiger partial charge in [0.15, 0.2) is 11.7 Å². The molecule has 1 aromatic heterocycles. The van der Waals surface area contributed by atoms with Gasteiger partial charge in [-0.05, 0) is 79.7 Å². The molecule has 0 unspecified atom stereocenters. The molecule has 0 bridgehead atoms. The van der Waals surface area contributed by atoms with E-state index in [-0.39, 0.29) is 28.3 Å². The number of ether oxygens (including phenoxy) is 1. The predicted molar refractivity (Wildman–Crippen MR) is 158 cm³/mol. The first-order chi connectivity index (χ1) is 20.0. The lowest BCUT2D eigenvalue weighted by Gasteiger charge is -2.26. The smallest absolute Gasteiger partial charge is 0.262 e. The Morgan fingerprint density at radius 3 is 2.12 bits per heavy atom. The number of nitrogens with zero attached hydrogens (tertiary/aromatic N) is 2. The quantitative estimate of drug-likeness (QED) is 0.189. The number of rotatable bonds is 11. The van der Waals surface area contributed by atoms with Crippen LogP contribution in [0, 0.1) is 5.82 Å². The molecule has 0 radical (unpaired) electrons. The van der Waals surface area contributed by atoms with Crippen molar-refractivity contribution in [3.05, 3.63) is 89.1 Å². The molecule has 0 saturated heterocycles. The second-order valence-electron chi connectivity index (χ2n) is 9.08. The molecule has 4 rings (SSSR count). The van der Waals surface area contributed by atoms with Gasteiger partial charge in [-0.15, -0.1) is 0 Å². The van der Waals surface area contributed by atoms with E-state index in [1.165, 1.54) is 48.2 Å². The summed E-state index contributed by atoms with van der Waals surface area (Å²) in [4.78, 5) is 54.6. The Bertz CT molecular complexity index is 1610. The number of amides is 3. The van der Waals surface area contributed by atoms with E-state index in [1.807, 2.05) is 0 Å². The average Bonchev–Trinajstić information content (AvgIpc) is 3.34. The Morgan fingerprint density at radius 1 is 0.952 bits per heavy atom. The van der Waals surface area contributed by atoms with Crippen LogP contribution in [0.1, 0.15) is 29.1 Å². The minimum Gasteiger partial charge on any atom is -0.484 e. The summed E-state index contributed by atoms with van der Waals surface area (Å²) in [5, 5.41) is 5.57. The molecular weight excluding hydrogens is 563 g/mol. The Balaban J connectivity index is 1.41. The highest BCUT2D eigenvalue weighted by molar-refractivity contribution is 7.18. The summed E-state index contributed by atoms with van der Waals surface area (Å²) < 4.78 is 19.0. The summed E-state index contributed by atoms with van der Waals surface area (Å²) in [5.41, 5.74) is 13.5. The third-order valence-corrected chi connectivity index (χ3v) is 7.00. The van der Waals surface area contributed by atoms with Crippen molar-refractivity contribution >= 4 is 62.9 Å². The van der Waals surface area contributed by atoms with E-state index in [0.717, 1.165) is 11.3 Å². The zero-order valence-electron chi connectivity index (χ0n) is 22.6. The third kappa shape index (κ3) is 7.26. The molecule has 0 saturated carbocycles. The van der Waals surface area contributed by atoms with Crippen LogP contribution in [0.3, 0.4) is 0 Å². The van der Waals surface area contributed by atoms with Gasteiger partial charge in [0.1, 0.15) is 28.3 Å². The number of hydrogen-bond donors (Lipinski definition) is 4. The SMILES string of the molecule is CC(=O)Nc1ccc(NC(=O)COc2ccc(C(=O)c3sc(N(c4ccc(F)cc4)[C@H](C)C(N)=O)nc3N)cc2)cc1. The number of nitrogens with two attached hydrogens (primary N) is 2. The number of thiazole rings is 1. The number of primary amides is 1. The van der Waals surface area contributed by atoms with Gasteiger partial charge in [0.25, 0.3) is 5.91 Å². The highest BCUT2D eigenvalue weighted by Crippen LogP contribution is 2.36. The number of nitrogen functional groups attached to an aromatic ring is 1. The van der Waals surface area contributed by atoms with E-state index < -0.39 is 29.5 Å². The first-order valence-corrected chi connectivity index (χ1v) is 13.4. The summed E-state index contributed by atoms with van der Waals surface area (Å²) in [6.07, 6.45) is 0. The van der Waals surface area contributed by atoms with Crippen LogP contribution in [0.25, 0.3) is 0 Å². The van der Waals surface area contributed by atoms with Gasteiger partial charge in [0.05, 0.1) is 0 Å². The minimum absolute atomic E-state index is 0.0362. The summed E-state index contributed by atoms with van der Waals surface area (Å²) in [6, 6.07) is 17.3. The lowest BCUT2D eigenvalue weighted by Crippen LogP contribution is -2.39. The number of carbonyl (C=O) groups excluding carboxylic acids is 4. The fraction of sp³-hybridized carbons (Fsp3) is 0.138. The van der Waals surface area contributed by atoms with E-state index in [0.29, 0.717) is 28.4 Å². The average molecular weight is 591 g/mol. The first kappa shape index (κ1) is 29.7. The molecule has 11 nitrogen and oxygen atoms in total. The van der Waals surface area contributed by atoms with Crippen LogP contribution in [0.4, 0.5) is 32.4 Å². The van der Waals surface area contributed by atoms with Crippen molar-refractivity contribution in [1.29, 1.82) is 0 Å². The number of carbonyl (C=O) groups is 4. The van der Waals surface area contributed by atoms with E-state index in [1.54, 1.807) is 43.3 Å². The fourth-order valence-corrected chi connectivity index (χ4v) is 4.88. The number of halogens is 1. The normalized spacial score (nSPS) is 11.3. The van der Waals surface area contributed by atoms with Crippen LogP contribution in [-0.4, -0.2) is 41.1 Å². The second kappa shape index (κ2) is 12.9. The van der Waals surface area contributed by atoms with Gasteiger partial charge in [-0.3, -0.25) is 19.2 Å². The minimum atomic E-state index is -0.860. The molecule has 1 atom stereocenters. The van der Waals surface area contributed by atoms with Crippen LogP contribution in [0.15, 0.2) is 72.8 Å². The maximum Gasteiger partial charge on any atom is 0.262 e. The fourth-order valence-electron chi connectivity index (χ4n) is 3.83. The van der Waals surface area contributed by atoms with Gasteiger partial charge in [0.2, 0.25) is 17.6 Å². The van der Waals surface area contributed by atoms with Crippen molar-refractivity contribution < 1.29 is 28.3 Å². The Morgan fingerprint density at radius 2 is 1.55 bits per heavy atom. The van der Waals surface area contributed by atoms with Gasteiger partial charge in [-0.2, -0.15) is 0 Å². The highest BCUT2D eigenvalue weighted by atomic mass is 32.1. The van der Waals surface area contributed by atoms with Crippen molar-refractivity contribution in [2.45, 2.75) is 19.9 Å². The molecule has 0 aliphatic rings. The van der Waals surface area contributed by atoms with E-state index in [4.69, 9.17) is 16.2 Å². The van der Waals surface area contributed by atoms with Crippen LogP contribution in [-0.2, 0) is 14.4 Å². The predicted octanol–water partition coefficient (Wildman–Crippen LogP) is 4.08. The van der Waals surface area contributed by atoms with Crippen LogP contribution in [0.5, 0.6) is 5.75 Å². The van der Waals surface area contributed by atoms with Gasteiger partial charge in [0, 0.05) is 29.5 Å². The summed E-state index contributed by atoms with van der Waals surface area (Å²) in [7, 11) is 0. The zero-order valence-corrected chi connectivity index (χ0v) is 23.4. The molecule has 0 aliphatic heterocycles. The van der Waals surface area contributed by atoms with Crippen LogP contribution >= 0.6 is 11.3 Å². The molecule has 13 heteroatoms. The van der Waals surface area contributed by atoms with Gasteiger partial charge >= 0.3 is 0 Å². The molecule has 0 aliphatic carbocycles. The summed E-state index contributed by atoms with van der Waals surface area (Å²) in [5.74, 6) is -1.79. The summed E-state index contributed by atoms with van der Waals surface area (Å²) in [6.45, 7) is 2.69. The van der Waals surface area contributed by atoms with Crippen molar-refractivity contribution in [2.24, 2.45) is 5.73 Å². The third-order valence-electron chi connectivity index (χ3n) is 5.93. The number of anilines is 5. The van der Waals surface area contributed by atoms with Crippen LogP contribution < -0.4 is 31.7 Å². The molecule has 0 fully saturated rings. The Labute approximate surface area is 244 Å². The molecule has 6 N–H and O–H groups in total. The van der Waals surface area contributed by atoms with Crippen molar-refractivity contribution in [1.82, 2.24) is 4.98 Å². The molecule has 0 spiro atoms. The zero-order chi connectivity index (χ0) is 30.4. The number of ketones is 1. The number of nitrogens with one attached hydrogen (secondary N) is 2. The largest absolute Gasteiger partial charge is 0.484 e. The Hall–Kier alpha value is -5.30. The van der Waals surface area contributed by atoms with E-state index >= 15 is 0 Å². The molecule has 3 aromatic carbocycles. The second-order valence-corrected chi connectivity index (χ2v) is 10.1. The molecule has 1 heterocycles. The van der Waals surface area contributed by atoms with Crippen molar-refractivity contribution in [2.75, 3.05) is 27.9 Å². The first-order valence-electron chi connectivity index (χ1n) is 12.6. The maximum atomic E-state index is 13.5. The van der Waals surface area contributed by atoms with Gasteiger partial charge < -0.3 is 31.7 Å². The van der Waals surface area contributed by atoms with Gasteiger partial charge in [-0.1, -0.05) is 11.3 Å². The molecular formula is C29H27FN6O5S. The van der Waals surface area contributed by atoms with Crippen molar-refractivity contribution in [3.8, 4) is 5.75 Å². The molecule has 42 heavy (non-hydrogen) atoms. The maximum absolute atomic E-state index is 13.5. The molecule has 4 aromatic rings. The molecule has 216 valence electrons. The van der Waals surface area contributed by atoms with Crippen molar-refractivity contribution in [3.63, 3.8) is 0 Å². The number of aromatic nitrogens is 1. The summed E-state index contributed by atoms with van der Waals surface area (Å²) >= 11 is 0.972. The van der Waals surface area contributed by atoms with Gasteiger partial charge in [-0.25, -0.2) is 9.37 Å². The monoisotopic (exact) mass is 590 g/mol. The standard InChI is InChI=1S/C29H27FN6O5S/c1-16(28(32)40)36(22-11-5-19(30)6-12-22)29-35-27(31)26(42-29)25(39)18-3-13-23(14-4-18)41-15-24(38)34-21-9-7-20(8-10-21)33-17(2)37/h3-14,16H,15,31H2,1-2H3,(H2,32,40)(H,33,37)(H,34,38)/t16-/m1/s1. The Kier molecular flexibility index (Phi) is 9.12. The topological polar surface area (TPSA) is 170 Å². The van der Waals surface area contributed by atoms with E-state index in [9.17, 15) is 23.6 Å². The number of benzene rings is 3. The van der Waals surface area contributed by atoms with Crippen LogP contribution in [0.2, 0.25) is 0 Å². The lowest BCUT2D eigenvalue weighted by molar-refractivity contribution is -0.119. The molecule has 3 amide bonds.